The Kier molecular flexibility index (Phi) is 3.10. The molecule has 3 nitrogen and oxygen atoms in total. The molecule has 2 atom stereocenters. The lowest BCUT2D eigenvalue weighted by Crippen LogP contribution is -2.40. The lowest BCUT2D eigenvalue weighted by Gasteiger charge is -2.28. The molecule has 1 saturated heterocycles. The zero-order valence-electron chi connectivity index (χ0n) is 10.7. The lowest BCUT2D eigenvalue weighted by molar-refractivity contribution is 0.0793. The Morgan fingerprint density at radius 1 is 1.39 bits per heavy atom. The second-order valence-electron chi connectivity index (χ2n) is 5.39. The maximum absolute atomic E-state index is 10.0. The van der Waals surface area contributed by atoms with Crippen molar-refractivity contribution in [2.45, 2.75) is 25.9 Å². The van der Waals surface area contributed by atoms with E-state index in [1.807, 2.05) is 0 Å². The van der Waals surface area contributed by atoms with Crippen molar-refractivity contribution in [2.24, 2.45) is 5.92 Å². The van der Waals surface area contributed by atoms with Crippen LogP contribution in [0, 0.1) is 12.8 Å². The molecule has 0 bridgehead atoms. The third-order valence-corrected chi connectivity index (χ3v) is 3.97. The highest BCUT2D eigenvalue weighted by atomic mass is 16.3. The van der Waals surface area contributed by atoms with Gasteiger partial charge in [0.1, 0.15) is 0 Å². The van der Waals surface area contributed by atoms with Crippen LogP contribution >= 0.6 is 0 Å². The summed E-state index contributed by atoms with van der Waals surface area (Å²) in [6, 6.07) is 6.48. The molecular weight excluding hydrogens is 224 g/mol. The largest absolute Gasteiger partial charge is 0.393 e. The SMILES string of the molecule is Cc1ccc2[nH]cc(CC3CNCCC3O)c2c1. The van der Waals surface area contributed by atoms with E-state index in [4.69, 9.17) is 0 Å². The number of aliphatic hydroxyl groups is 1. The zero-order valence-corrected chi connectivity index (χ0v) is 10.7. The Bertz CT molecular complexity index is 546. The van der Waals surface area contributed by atoms with Gasteiger partial charge in [0.25, 0.3) is 0 Å². The van der Waals surface area contributed by atoms with Gasteiger partial charge in [-0.15, -0.1) is 0 Å². The smallest absolute Gasteiger partial charge is 0.0595 e. The molecule has 1 aromatic carbocycles. The Morgan fingerprint density at radius 3 is 3.11 bits per heavy atom. The maximum Gasteiger partial charge on any atom is 0.0595 e. The molecule has 1 aliphatic heterocycles. The Balaban J connectivity index is 1.87. The van der Waals surface area contributed by atoms with Crippen LogP contribution < -0.4 is 5.32 Å². The molecule has 96 valence electrons. The quantitative estimate of drug-likeness (QED) is 0.756. The first-order valence-electron chi connectivity index (χ1n) is 6.69. The predicted molar refractivity (Wildman–Crippen MR) is 73.7 cm³/mol. The van der Waals surface area contributed by atoms with Gasteiger partial charge >= 0.3 is 0 Å². The summed E-state index contributed by atoms with van der Waals surface area (Å²) in [6.07, 6.45) is 3.73. The molecule has 1 aliphatic rings. The first-order chi connectivity index (χ1) is 8.74. The number of aliphatic hydroxyl groups excluding tert-OH is 1. The molecule has 3 heteroatoms. The van der Waals surface area contributed by atoms with Gasteiger partial charge in [0.15, 0.2) is 0 Å². The van der Waals surface area contributed by atoms with Gasteiger partial charge < -0.3 is 15.4 Å². The van der Waals surface area contributed by atoms with E-state index in [1.54, 1.807) is 0 Å². The van der Waals surface area contributed by atoms with Crippen LogP contribution in [-0.4, -0.2) is 29.3 Å². The van der Waals surface area contributed by atoms with Crippen LogP contribution in [0.25, 0.3) is 10.9 Å². The number of hydrogen-bond acceptors (Lipinski definition) is 2. The van der Waals surface area contributed by atoms with Crippen LogP contribution in [0.3, 0.4) is 0 Å². The van der Waals surface area contributed by atoms with Gasteiger partial charge in [-0.2, -0.15) is 0 Å². The van der Waals surface area contributed by atoms with Crippen molar-refractivity contribution in [1.29, 1.82) is 0 Å². The van der Waals surface area contributed by atoms with E-state index in [1.165, 1.54) is 22.0 Å². The molecule has 2 aromatic rings. The highest BCUT2D eigenvalue weighted by Crippen LogP contribution is 2.24. The minimum absolute atomic E-state index is 0.166. The topological polar surface area (TPSA) is 48.0 Å². The van der Waals surface area contributed by atoms with Crippen LogP contribution in [-0.2, 0) is 6.42 Å². The van der Waals surface area contributed by atoms with Crippen molar-refractivity contribution < 1.29 is 5.11 Å². The maximum atomic E-state index is 10.0. The number of benzene rings is 1. The van der Waals surface area contributed by atoms with Crippen LogP contribution in [0.1, 0.15) is 17.5 Å². The molecule has 0 aliphatic carbocycles. The number of piperidine rings is 1. The van der Waals surface area contributed by atoms with E-state index >= 15 is 0 Å². The predicted octanol–water partition coefficient (Wildman–Crippen LogP) is 1.99. The second-order valence-corrected chi connectivity index (χ2v) is 5.39. The van der Waals surface area contributed by atoms with E-state index in [-0.39, 0.29) is 6.10 Å². The van der Waals surface area contributed by atoms with Crippen molar-refractivity contribution in [3.8, 4) is 0 Å². The number of nitrogens with one attached hydrogen (secondary N) is 2. The number of H-pyrrole nitrogens is 1. The van der Waals surface area contributed by atoms with Crippen molar-refractivity contribution in [3.05, 3.63) is 35.5 Å². The van der Waals surface area contributed by atoms with Gasteiger partial charge in [0.2, 0.25) is 0 Å². The van der Waals surface area contributed by atoms with Crippen molar-refractivity contribution in [1.82, 2.24) is 10.3 Å². The number of fused-ring (bicyclic) bond motifs is 1. The van der Waals surface area contributed by atoms with Crippen LogP contribution in [0.2, 0.25) is 0 Å². The van der Waals surface area contributed by atoms with Gasteiger partial charge in [-0.3, -0.25) is 0 Å². The summed E-state index contributed by atoms with van der Waals surface area (Å²) >= 11 is 0. The van der Waals surface area contributed by atoms with E-state index in [9.17, 15) is 5.11 Å². The molecule has 18 heavy (non-hydrogen) atoms. The van der Waals surface area contributed by atoms with Crippen LogP contribution in [0.5, 0.6) is 0 Å². The van der Waals surface area contributed by atoms with Crippen molar-refractivity contribution in [3.63, 3.8) is 0 Å². The van der Waals surface area contributed by atoms with Gasteiger partial charge in [-0.25, -0.2) is 0 Å². The fraction of sp³-hybridized carbons (Fsp3) is 0.467. The van der Waals surface area contributed by atoms with E-state index < -0.39 is 0 Å². The van der Waals surface area contributed by atoms with Crippen LogP contribution in [0.15, 0.2) is 24.4 Å². The van der Waals surface area contributed by atoms with E-state index in [2.05, 4.69) is 41.6 Å². The summed E-state index contributed by atoms with van der Waals surface area (Å²) in [4.78, 5) is 3.32. The lowest BCUT2D eigenvalue weighted by atomic mass is 9.89. The minimum atomic E-state index is -0.166. The standard InChI is InChI=1S/C15H20N2O/c1-10-2-3-14-13(6-10)11(9-17-14)7-12-8-16-5-4-15(12)18/h2-3,6,9,12,15-18H,4-5,7-8H2,1H3. The molecule has 3 N–H and O–H groups in total. The number of aromatic amines is 1. The molecule has 2 unspecified atom stereocenters. The molecule has 3 rings (SSSR count). The summed E-state index contributed by atoms with van der Waals surface area (Å²) in [5.41, 5.74) is 3.79. The highest BCUT2D eigenvalue weighted by Gasteiger charge is 2.23. The fourth-order valence-corrected chi connectivity index (χ4v) is 2.86. The van der Waals surface area contributed by atoms with Gasteiger partial charge in [-0.1, -0.05) is 11.6 Å². The zero-order chi connectivity index (χ0) is 12.5. The molecule has 0 saturated carbocycles. The van der Waals surface area contributed by atoms with Crippen molar-refractivity contribution in [2.75, 3.05) is 13.1 Å². The van der Waals surface area contributed by atoms with E-state index in [0.29, 0.717) is 5.92 Å². The summed E-state index contributed by atoms with van der Waals surface area (Å²) in [5, 5.41) is 14.7. The van der Waals surface area contributed by atoms with Gasteiger partial charge in [0, 0.05) is 29.6 Å². The first-order valence-corrected chi connectivity index (χ1v) is 6.69. The number of aryl methyl sites for hydroxylation is 1. The molecule has 1 aromatic heterocycles. The third kappa shape index (κ3) is 2.16. The van der Waals surface area contributed by atoms with E-state index in [0.717, 1.165) is 25.9 Å². The third-order valence-electron chi connectivity index (χ3n) is 3.97. The summed E-state index contributed by atoms with van der Waals surface area (Å²) in [7, 11) is 0. The highest BCUT2D eigenvalue weighted by molar-refractivity contribution is 5.83. The molecule has 0 radical (unpaired) electrons. The number of rotatable bonds is 2. The second kappa shape index (κ2) is 4.75. The summed E-state index contributed by atoms with van der Waals surface area (Å²) < 4.78 is 0. The molecule has 0 spiro atoms. The Labute approximate surface area is 107 Å². The first kappa shape index (κ1) is 11.8. The summed E-state index contributed by atoms with van der Waals surface area (Å²) in [6.45, 7) is 3.97. The fourth-order valence-electron chi connectivity index (χ4n) is 2.86. The minimum Gasteiger partial charge on any atom is -0.393 e. The van der Waals surface area contributed by atoms with Crippen molar-refractivity contribution >= 4 is 10.9 Å². The Morgan fingerprint density at radius 2 is 2.28 bits per heavy atom. The molecule has 2 heterocycles. The summed E-state index contributed by atoms with van der Waals surface area (Å²) in [5.74, 6) is 0.332. The van der Waals surface area contributed by atoms with Crippen LogP contribution in [0.4, 0.5) is 0 Å². The number of hydrogen-bond donors (Lipinski definition) is 3. The normalized spacial score (nSPS) is 24.6. The average Bonchev–Trinajstić information content (AvgIpc) is 2.75. The molecule has 0 amide bonds. The molecular formula is C15H20N2O. The molecule has 1 fully saturated rings. The monoisotopic (exact) mass is 244 g/mol. The Hall–Kier alpha value is -1.32. The van der Waals surface area contributed by atoms with Gasteiger partial charge in [-0.05, 0) is 44.0 Å². The average molecular weight is 244 g/mol. The van der Waals surface area contributed by atoms with Gasteiger partial charge in [0.05, 0.1) is 6.10 Å². The number of aromatic nitrogens is 1.